The molecule has 3 rings (SSSR count). The van der Waals surface area contributed by atoms with Gasteiger partial charge in [-0.15, -0.1) is 0 Å². The highest BCUT2D eigenvalue weighted by Gasteiger charge is 2.32. The number of ether oxygens (including phenoxy) is 1. The van der Waals surface area contributed by atoms with Crippen LogP contribution in [0, 0.1) is 42.9 Å². The monoisotopic (exact) mass is 470 g/mol. The van der Waals surface area contributed by atoms with Gasteiger partial charge in [0.2, 0.25) is 11.7 Å². The van der Waals surface area contributed by atoms with E-state index in [9.17, 15) is 26.7 Å². The number of halogens is 5. The fraction of sp³-hybridized carbons (Fsp3) is 0.273. The number of aromatic nitrogens is 2. The molecule has 0 N–H and O–H groups in total. The summed E-state index contributed by atoms with van der Waals surface area (Å²) < 4.78 is 76.2. The van der Waals surface area contributed by atoms with Crippen LogP contribution >= 0.6 is 11.8 Å². The molecule has 0 fully saturated rings. The van der Waals surface area contributed by atoms with Crippen LogP contribution in [0.25, 0.3) is 0 Å². The van der Waals surface area contributed by atoms with E-state index in [1.807, 2.05) is 6.92 Å². The number of rotatable bonds is 4. The van der Waals surface area contributed by atoms with Crippen molar-refractivity contribution in [2.75, 3.05) is 0 Å². The third-order valence-electron chi connectivity index (χ3n) is 4.45. The van der Waals surface area contributed by atoms with Crippen LogP contribution < -0.4 is 4.74 Å². The zero-order valence-electron chi connectivity index (χ0n) is 17.8. The molecule has 3 aromatic rings. The van der Waals surface area contributed by atoms with Gasteiger partial charge >= 0.3 is 5.97 Å². The third kappa shape index (κ3) is 4.36. The molecule has 0 saturated heterocycles. The predicted octanol–water partition coefficient (Wildman–Crippen LogP) is 6.32. The van der Waals surface area contributed by atoms with E-state index in [1.54, 1.807) is 45.0 Å². The lowest BCUT2D eigenvalue weighted by atomic mass is 10.1. The molecule has 4 nitrogen and oxygen atoms in total. The minimum atomic E-state index is -2.25. The number of esters is 1. The van der Waals surface area contributed by atoms with Crippen molar-refractivity contribution in [1.29, 1.82) is 0 Å². The Morgan fingerprint density at radius 1 is 0.875 bits per heavy atom. The van der Waals surface area contributed by atoms with Gasteiger partial charge in [-0.2, -0.15) is 5.10 Å². The van der Waals surface area contributed by atoms with Crippen molar-refractivity contribution >= 4 is 17.7 Å². The standard InChI is InChI=1S/C22H19F5N2O2S/c1-10-6-8-12(9-7-10)21(30)31-20-18(11(2)28-29(20)22(3,4)5)32-19-16(26)14(24)13(23)15(25)17(19)27/h6-9H,1-5H3. The van der Waals surface area contributed by atoms with E-state index in [0.717, 1.165) is 5.56 Å². The molecule has 0 aliphatic carbocycles. The van der Waals surface area contributed by atoms with E-state index < -0.39 is 45.5 Å². The Balaban J connectivity index is 2.13. The Labute approximate surface area is 185 Å². The zero-order chi connectivity index (χ0) is 24.0. The molecule has 0 aliphatic heterocycles. The molecule has 0 spiro atoms. The molecule has 2 aromatic carbocycles. The van der Waals surface area contributed by atoms with E-state index in [-0.39, 0.29) is 33.8 Å². The Bertz CT molecular complexity index is 1170. The molecule has 1 aromatic heterocycles. The van der Waals surface area contributed by atoms with Crippen molar-refractivity contribution in [2.45, 2.75) is 49.9 Å². The van der Waals surface area contributed by atoms with E-state index in [4.69, 9.17) is 4.74 Å². The van der Waals surface area contributed by atoms with Gasteiger partial charge in [-0.05, 0) is 46.8 Å². The third-order valence-corrected chi connectivity index (χ3v) is 5.69. The van der Waals surface area contributed by atoms with Crippen molar-refractivity contribution in [3.8, 4) is 5.88 Å². The van der Waals surface area contributed by atoms with E-state index in [1.165, 1.54) is 11.6 Å². The molecule has 10 heteroatoms. The average Bonchev–Trinajstić information content (AvgIpc) is 3.04. The first kappa shape index (κ1) is 23.8. The van der Waals surface area contributed by atoms with Crippen LogP contribution in [0.2, 0.25) is 0 Å². The lowest BCUT2D eigenvalue weighted by molar-refractivity contribution is 0.0704. The maximum atomic E-state index is 14.3. The molecule has 170 valence electrons. The highest BCUT2D eigenvalue weighted by atomic mass is 32.2. The number of hydrogen-bond acceptors (Lipinski definition) is 4. The number of carbonyl (C=O) groups is 1. The number of carbonyl (C=O) groups excluding carboxylic acids is 1. The lowest BCUT2D eigenvalue weighted by Crippen LogP contribution is -2.25. The fourth-order valence-corrected chi connectivity index (χ4v) is 3.73. The number of benzene rings is 2. The van der Waals surface area contributed by atoms with Crippen molar-refractivity contribution in [3.05, 3.63) is 70.2 Å². The Morgan fingerprint density at radius 2 is 1.38 bits per heavy atom. The second-order valence-electron chi connectivity index (χ2n) is 8.06. The highest BCUT2D eigenvalue weighted by molar-refractivity contribution is 7.99. The van der Waals surface area contributed by atoms with Crippen molar-refractivity contribution in [2.24, 2.45) is 0 Å². The number of hydrogen-bond donors (Lipinski definition) is 0. The van der Waals surface area contributed by atoms with Gasteiger partial charge in [0, 0.05) is 0 Å². The van der Waals surface area contributed by atoms with Gasteiger partial charge in [-0.25, -0.2) is 31.4 Å². The summed E-state index contributed by atoms with van der Waals surface area (Å²) in [6.45, 7) is 8.55. The van der Waals surface area contributed by atoms with Crippen LogP contribution in [-0.4, -0.2) is 15.7 Å². The van der Waals surface area contributed by atoms with Crippen molar-refractivity contribution in [1.82, 2.24) is 9.78 Å². The maximum Gasteiger partial charge on any atom is 0.344 e. The van der Waals surface area contributed by atoms with Gasteiger partial charge in [-0.1, -0.05) is 29.5 Å². The summed E-state index contributed by atoms with van der Waals surface area (Å²) in [5.41, 5.74) is 0.574. The molecule has 1 heterocycles. The molecule has 0 aliphatic rings. The Hall–Kier alpha value is -2.88. The van der Waals surface area contributed by atoms with Crippen molar-refractivity contribution < 1.29 is 31.5 Å². The van der Waals surface area contributed by atoms with Crippen LogP contribution in [0.3, 0.4) is 0 Å². The summed E-state index contributed by atoms with van der Waals surface area (Å²) in [6.07, 6.45) is 0. The zero-order valence-corrected chi connectivity index (χ0v) is 18.6. The first-order valence-corrected chi connectivity index (χ1v) is 10.2. The molecule has 32 heavy (non-hydrogen) atoms. The molecule has 0 saturated carbocycles. The molecular formula is C22H19F5N2O2S. The summed E-state index contributed by atoms with van der Waals surface area (Å²) in [5.74, 6) is -11.3. The van der Waals surface area contributed by atoms with Crippen LogP contribution in [0.4, 0.5) is 22.0 Å². The topological polar surface area (TPSA) is 44.1 Å². The summed E-state index contributed by atoms with van der Waals surface area (Å²) in [6, 6.07) is 6.49. The largest absolute Gasteiger partial charge is 0.403 e. The van der Waals surface area contributed by atoms with E-state index in [0.29, 0.717) is 0 Å². The first-order chi connectivity index (χ1) is 14.8. The first-order valence-electron chi connectivity index (χ1n) is 9.41. The van der Waals surface area contributed by atoms with Crippen LogP contribution in [0.15, 0.2) is 34.1 Å². The molecule has 0 radical (unpaired) electrons. The average molecular weight is 470 g/mol. The van der Waals surface area contributed by atoms with Gasteiger partial charge in [0.15, 0.2) is 23.3 Å². The van der Waals surface area contributed by atoms with Crippen LogP contribution in [0.5, 0.6) is 5.88 Å². The molecule has 0 unspecified atom stereocenters. The quantitative estimate of drug-likeness (QED) is 0.194. The van der Waals surface area contributed by atoms with Gasteiger partial charge < -0.3 is 4.74 Å². The predicted molar refractivity (Wildman–Crippen MR) is 108 cm³/mol. The summed E-state index contributed by atoms with van der Waals surface area (Å²) in [5, 5.41) is 4.27. The van der Waals surface area contributed by atoms with Gasteiger partial charge in [0.05, 0.1) is 26.6 Å². The molecular weight excluding hydrogens is 451 g/mol. The smallest absolute Gasteiger partial charge is 0.344 e. The minimum absolute atomic E-state index is 0.0522. The van der Waals surface area contributed by atoms with Crippen LogP contribution in [0.1, 0.15) is 42.4 Å². The number of nitrogens with zero attached hydrogens (tertiary/aromatic N) is 2. The Morgan fingerprint density at radius 3 is 1.88 bits per heavy atom. The molecule has 0 atom stereocenters. The second kappa shape index (κ2) is 8.57. The van der Waals surface area contributed by atoms with Crippen molar-refractivity contribution in [3.63, 3.8) is 0 Å². The normalized spacial score (nSPS) is 11.7. The fourth-order valence-electron chi connectivity index (χ4n) is 2.77. The summed E-state index contributed by atoms with van der Waals surface area (Å²) in [7, 11) is 0. The maximum absolute atomic E-state index is 14.3. The SMILES string of the molecule is Cc1ccc(C(=O)Oc2c(Sc3c(F)c(F)c(F)c(F)c3F)c(C)nn2C(C)(C)C)cc1. The molecule has 0 amide bonds. The summed E-state index contributed by atoms with van der Waals surface area (Å²) >= 11 is 0.250. The van der Waals surface area contributed by atoms with Gasteiger partial charge in [0.25, 0.3) is 0 Å². The second-order valence-corrected chi connectivity index (χ2v) is 9.08. The van der Waals surface area contributed by atoms with E-state index in [2.05, 4.69) is 5.10 Å². The lowest BCUT2D eigenvalue weighted by Gasteiger charge is -2.22. The van der Waals surface area contributed by atoms with Gasteiger partial charge in [-0.3, -0.25) is 0 Å². The van der Waals surface area contributed by atoms with E-state index >= 15 is 0 Å². The molecule has 0 bridgehead atoms. The number of aryl methyl sites for hydroxylation is 2. The van der Waals surface area contributed by atoms with Crippen LogP contribution in [-0.2, 0) is 5.54 Å². The summed E-state index contributed by atoms with van der Waals surface area (Å²) in [4.78, 5) is 11.5. The van der Waals surface area contributed by atoms with Gasteiger partial charge in [0.1, 0.15) is 0 Å². The highest BCUT2D eigenvalue weighted by Crippen LogP contribution is 2.43. The minimum Gasteiger partial charge on any atom is -0.403 e. The Kier molecular flexibility index (Phi) is 6.37.